The number of H-pyrrole nitrogens is 1. The molecule has 4 heterocycles. The maximum atomic E-state index is 13.6. The number of rotatable bonds is 8. The van der Waals surface area contributed by atoms with Gasteiger partial charge in [-0.1, -0.05) is 12.1 Å². The Balaban J connectivity index is 1.31. The fourth-order valence-electron chi connectivity index (χ4n) is 5.92. The minimum atomic E-state index is -0.370. The number of methoxy groups -OCH3 is 1. The Labute approximate surface area is 233 Å². The average Bonchev–Trinajstić information content (AvgIpc) is 3.64. The van der Waals surface area contributed by atoms with Crippen molar-refractivity contribution in [3.05, 3.63) is 80.9 Å². The average molecular weight is 544 g/mol. The molecule has 2 aliphatic heterocycles. The van der Waals surface area contributed by atoms with Crippen molar-refractivity contribution in [2.24, 2.45) is 0 Å². The number of nitrogens with zero attached hydrogens (tertiary/aromatic N) is 6. The van der Waals surface area contributed by atoms with Gasteiger partial charge in [-0.15, -0.1) is 5.10 Å². The van der Waals surface area contributed by atoms with Gasteiger partial charge in [0.2, 0.25) is 0 Å². The van der Waals surface area contributed by atoms with Gasteiger partial charge in [-0.05, 0) is 89.5 Å². The zero-order valence-electron chi connectivity index (χ0n) is 23.5. The molecule has 2 atom stereocenters. The highest BCUT2D eigenvalue weighted by Gasteiger charge is 2.33. The van der Waals surface area contributed by atoms with Crippen LogP contribution in [0.25, 0.3) is 10.9 Å². The summed E-state index contributed by atoms with van der Waals surface area (Å²) in [5.41, 5.74) is 4.97. The van der Waals surface area contributed by atoms with Gasteiger partial charge in [0.25, 0.3) is 5.56 Å². The Kier molecular flexibility index (Phi) is 7.64. The number of nitrogens with one attached hydrogen (secondary N) is 1. The van der Waals surface area contributed by atoms with E-state index in [1.54, 1.807) is 7.11 Å². The molecule has 2 saturated heterocycles. The summed E-state index contributed by atoms with van der Waals surface area (Å²) >= 11 is 0. The Bertz CT molecular complexity index is 1530. The molecule has 0 spiro atoms. The number of tetrazole rings is 1. The second-order valence-electron chi connectivity index (χ2n) is 11.0. The molecule has 40 heavy (non-hydrogen) atoms. The van der Waals surface area contributed by atoms with Gasteiger partial charge in [0.1, 0.15) is 11.8 Å². The molecule has 0 aliphatic carbocycles. The molecule has 6 rings (SSSR count). The summed E-state index contributed by atoms with van der Waals surface area (Å²) in [4.78, 5) is 21.6. The second-order valence-corrected chi connectivity index (χ2v) is 11.0. The van der Waals surface area contributed by atoms with Gasteiger partial charge in [0.05, 0.1) is 19.8 Å². The summed E-state index contributed by atoms with van der Waals surface area (Å²) in [6, 6.07) is 14.1. The minimum Gasteiger partial charge on any atom is -0.497 e. The third-order valence-electron chi connectivity index (χ3n) is 8.30. The Morgan fingerprint density at radius 1 is 1.10 bits per heavy atom. The van der Waals surface area contributed by atoms with E-state index in [2.05, 4.69) is 62.4 Å². The van der Waals surface area contributed by atoms with Crippen LogP contribution in [0.5, 0.6) is 5.75 Å². The third kappa shape index (κ3) is 5.52. The number of aromatic nitrogens is 5. The van der Waals surface area contributed by atoms with Gasteiger partial charge in [0.15, 0.2) is 5.82 Å². The molecule has 10 heteroatoms. The fraction of sp³-hybridized carbons (Fsp3) is 0.467. The number of pyridine rings is 1. The summed E-state index contributed by atoms with van der Waals surface area (Å²) in [5, 5.41) is 13.9. The summed E-state index contributed by atoms with van der Waals surface area (Å²) in [7, 11) is 1.70. The van der Waals surface area contributed by atoms with E-state index < -0.39 is 0 Å². The summed E-state index contributed by atoms with van der Waals surface area (Å²) < 4.78 is 13.1. The van der Waals surface area contributed by atoms with E-state index in [0.29, 0.717) is 17.9 Å². The normalized spacial score (nSPS) is 19.3. The Morgan fingerprint density at radius 3 is 2.70 bits per heavy atom. The molecule has 0 bridgehead atoms. The highest BCUT2D eigenvalue weighted by molar-refractivity contribution is 5.81. The monoisotopic (exact) mass is 543 g/mol. The predicted octanol–water partition coefficient (Wildman–Crippen LogP) is 3.23. The molecule has 2 aromatic carbocycles. The molecule has 0 amide bonds. The zero-order chi connectivity index (χ0) is 27.6. The standard InChI is InChI=1S/C30H37N7O3/c1-20-14-23-17-26(30(38)31-27(23)15-21(20)2)28(29-32-33-34-37(29)19-25-8-5-13-40-25)36-11-9-35(10-12-36)18-22-6-4-7-24(16-22)39-3/h4,6-7,14-17,25,28H,5,8-13,18-19H2,1-3H3,(H,31,38)/t25-,28+/m0/s1. The maximum Gasteiger partial charge on any atom is 0.253 e. The van der Waals surface area contributed by atoms with Crippen molar-refractivity contribution in [2.75, 3.05) is 39.9 Å². The summed E-state index contributed by atoms with van der Waals surface area (Å²) in [5.74, 6) is 1.56. The number of hydrogen-bond acceptors (Lipinski definition) is 8. The predicted molar refractivity (Wildman–Crippen MR) is 153 cm³/mol. The van der Waals surface area contributed by atoms with E-state index in [1.807, 2.05) is 28.9 Å². The van der Waals surface area contributed by atoms with Crippen LogP contribution in [0.3, 0.4) is 0 Å². The van der Waals surface area contributed by atoms with E-state index in [1.165, 1.54) is 11.1 Å². The lowest BCUT2D eigenvalue weighted by Crippen LogP contribution is -2.48. The fourth-order valence-corrected chi connectivity index (χ4v) is 5.92. The highest BCUT2D eigenvalue weighted by Crippen LogP contribution is 2.29. The molecule has 2 aliphatic rings. The van der Waals surface area contributed by atoms with E-state index in [4.69, 9.17) is 9.47 Å². The lowest BCUT2D eigenvalue weighted by Gasteiger charge is -2.38. The van der Waals surface area contributed by atoms with Gasteiger partial charge >= 0.3 is 0 Å². The van der Waals surface area contributed by atoms with Gasteiger partial charge < -0.3 is 14.5 Å². The smallest absolute Gasteiger partial charge is 0.253 e. The van der Waals surface area contributed by atoms with Crippen LogP contribution in [0, 0.1) is 13.8 Å². The zero-order valence-corrected chi connectivity index (χ0v) is 23.5. The van der Waals surface area contributed by atoms with Crippen molar-refractivity contribution in [1.82, 2.24) is 35.0 Å². The number of fused-ring (bicyclic) bond motifs is 1. The lowest BCUT2D eigenvalue weighted by molar-refractivity contribution is 0.0840. The number of hydrogen-bond donors (Lipinski definition) is 1. The van der Waals surface area contributed by atoms with Crippen LogP contribution in [0.2, 0.25) is 0 Å². The molecule has 210 valence electrons. The Hall–Kier alpha value is -3.60. The van der Waals surface area contributed by atoms with Crippen LogP contribution in [0.4, 0.5) is 0 Å². The van der Waals surface area contributed by atoms with Crippen LogP contribution in [-0.4, -0.2) is 81.0 Å². The molecular formula is C30H37N7O3. The first-order chi connectivity index (χ1) is 19.5. The molecule has 0 unspecified atom stereocenters. The third-order valence-corrected chi connectivity index (χ3v) is 8.30. The van der Waals surface area contributed by atoms with Crippen molar-refractivity contribution >= 4 is 10.9 Å². The van der Waals surface area contributed by atoms with Crippen molar-refractivity contribution in [3.8, 4) is 5.75 Å². The van der Waals surface area contributed by atoms with E-state index in [9.17, 15) is 4.79 Å². The van der Waals surface area contributed by atoms with Crippen LogP contribution >= 0.6 is 0 Å². The first-order valence-corrected chi connectivity index (χ1v) is 14.1. The van der Waals surface area contributed by atoms with E-state index in [0.717, 1.165) is 74.4 Å². The Morgan fingerprint density at radius 2 is 1.93 bits per heavy atom. The first kappa shape index (κ1) is 26.6. The molecule has 10 nitrogen and oxygen atoms in total. The quantitative estimate of drug-likeness (QED) is 0.362. The second kappa shape index (κ2) is 11.5. The van der Waals surface area contributed by atoms with Gasteiger partial charge in [-0.3, -0.25) is 14.6 Å². The highest BCUT2D eigenvalue weighted by atomic mass is 16.5. The minimum absolute atomic E-state index is 0.0862. The number of aromatic amines is 1. The molecule has 0 radical (unpaired) electrons. The van der Waals surface area contributed by atoms with Crippen LogP contribution in [-0.2, 0) is 17.8 Å². The summed E-state index contributed by atoms with van der Waals surface area (Å²) in [6.45, 7) is 9.66. The van der Waals surface area contributed by atoms with Crippen LogP contribution in [0.1, 0.15) is 47.0 Å². The van der Waals surface area contributed by atoms with Gasteiger partial charge in [-0.25, -0.2) is 4.68 Å². The SMILES string of the molecule is COc1cccc(CN2CCN([C@H](c3cc4cc(C)c(C)cc4[nH]c3=O)c3nnnn3C[C@@H]3CCCO3)CC2)c1. The number of piperazine rings is 1. The largest absolute Gasteiger partial charge is 0.497 e. The van der Waals surface area contributed by atoms with Crippen LogP contribution < -0.4 is 10.3 Å². The van der Waals surface area contributed by atoms with E-state index >= 15 is 0 Å². The first-order valence-electron chi connectivity index (χ1n) is 14.1. The van der Waals surface area contributed by atoms with Crippen molar-refractivity contribution in [1.29, 1.82) is 0 Å². The number of ether oxygens (including phenoxy) is 2. The summed E-state index contributed by atoms with van der Waals surface area (Å²) in [6.07, 6.45) is 2.12. The molecule has 2 aromatic heterocycles. The molecule has 2 fully saturated rings. The molecular weight excluding hydrogens is 506 g/mol. The lowest BCUT2D eigenvalue weighted by atomic mass is 10.00. The molecule has 0 saturated carbocycles. The topological polar surface area (TPSA) is 101 Å². The van der Waals surface area contributed by atoms with Gasteiger partial charge in [-0.2, -0.15) is 0 Å². The van der Waals surface area contributed by atoms with Crippen LogP contribution in [0.15, 0.2) is 47.3 Å². The molecule has 1 N–H and O–H groups in total. The van der Waals surface area contributed by atoms with E-state index in [-0.39, 0.29) is 17.7 Å². The van der Waals surface area contributed by atoms with Gasteiger partial charge in [0, 0.05) is 50.4 Å². The van der Waals surface area contributed by atoms with Crippen molar-refractivity contribution in [2.45, 2.75) is 51.9 Å². The number of benzene rings is 2. The van der Waals surface area contributed by atoms with Crippen molar-refractivity contribution < 1.29 is 9.47 Å². The number of aryl methyl sites for hydroxylation is 2. The van der Waals surface area contributed by atoms with Crippen molar-refractivity contribution in [3.63, 3.8) is 0 Å². The maximum absolute atomic E-state index is 13.6. The molecule has 4 aromatic rings.